The molecule has 1 unspecified atom stereocenters. The molecule has 2 aliphatic rings. The lowest BCUT2D eigenvalue weighted by atomic mass is 10.1. The third kappa shape index (κ3) is 8.10. The predicted molar refractivity (Wildman–Crippen MR) is 187 cm³/mol. The molecule has 4 aromatic carbocycles. The number of carbonyl (C=O) groups is 1. The monoisotopic (exact) mass is 791 g/mol. The Kier molecular flexibility index (Phi) is 10.7. The molecule has 0 N–H and O–H groups in total. The molecule has 0 saturated carbocycles. The molecule has 1 atom stereocenters. The Balaban J connectivity index is 0.945. The maximum absolute atomic E-state index is 13.5. The lowest BCUT2D eigenvalue weighted by Crippen LogP contribution is -2.48. The first-order chi connectivity index (χ1) is 22.6. The average molecular weight is 794 g/mol. The summed E-state index contributed by atoms with van der Waals surface area (Å²) in [5.74, 6) is 0.173. The average Bonchev–Trinajstić information content (AvgIpc) is 3.05. The van der Waals surface area contributed by atoms with E-state index in [1.807, 2.05) is 59.5 Å². The molecule has 0 aromatic heterocycles. The van der Waals surface area contributed by atoms with Gasteiger partial charge in [-0.2, -0.15) is 13.2 Å². The first kappa shape index (κ1) is 34.1. The topological polar surface area (TPSA) is 45.3 Å². The van der Waals surface area contributed by atoms with Gasteiger partial charge in [0.2, 0.25) is 0 Å². The summed E-state index contributed by atoms with van der Waals surface area (Å²) in [5, 5.41) is 2.04. The Hall–Kier alpha value is -2.77. The van der Waals surface area contributed by atoms with Crippen LogP contribution in [0.3, 0.4) is 0 Å². The molecular weight excluding hydrogens is 759 g/mol. The van der Waals surface area contributed by atoms with Crippen molar-refractivity contribution < 1.29 is 27.4 Å². The summed E-state index contributed by atoms with van der Waals surface area (Å²) in [6.45, 7) is 7.54. The van der Waals surface area contributed by atoms with Crippen molar-refractivity contribution in [3.05, 3.63) is 87.3 Å². The molecule has 6 nitrogen and oxygen atoms in total. The van der Waals surface area contributed by atoms with Crippen molar-refractivity contribution in [3.63, 3.8) is 0 Å². The summed E-state index contributed by atoms with van der Waals surface area (Å²) in [4.78, 5) is 21.3. The minimum Gasteiger partial charge on any atom is -0.478 e. The van der Waals surface area contributed by atoms with Crippen LogP contribution in [0.25, 0.3) is 10.8 Å². The standard InChI is InChI=1S/C35H34Br2F3N3O3S/c1-23(46-30-11-7-24-21-26(36)9-10-27(24)33(30)37)34(44)45-20-19-42-17-15-41(16-18-42)13-4-14-43-28-5-2-3-6-31(28)47-32-12-8-25(22-29(32)43)35(38,39)40/h2-3,5-12,21-23H,4,13-20H2,1H3. The van der Waals surface area contributed by atoms with Gasteiger partial charge in [0.1, 0.15) is 12.4 Å². The van der Waals surface area contributed by atoms with Crippen molar-refractivity contribution in [1.29, 1.82) is 0 Å². The molecule has 0 aliphatic carbocycles. The molecule has 1 saturated heterocycles. The Morgan fingerprint density at radius 3 is 2.36 bits per heavy atom. The Labute approximate surface area is 293 Å². The fourth-order valence-corrected chi connectivity index (χ4v) is 7.94. The van der Waals surface area contributed by atoms with Gasteiger partial charge in [-0.1, -0.05) is 52.0 Å². The number of benzene rings is 4. The van der Waals surface area contributed by atoms with Gasteiger partial charge in [0.05, 0.1) is 21.4 Å². The van der Waals surface area contributed by atoms with E-state index < -0.39 is 23.8 Å². The van der Waals surface area contributed by atoms with Gasteiger partial charge >= 0.3 is 12.1 Å². The number of anilines is 2. The van der Waals surface area contributed by atoms with E-state index in [1.165, 1.54) is 17.8 Å². The van der Waals surface area contributed by atoms with Gasteiger partial charge in [0.15, 0.2) is 6.10 Å². The van der Waals surface area contributed by atoms with E-state index in [2.05, 4.69) is 41.7 Å². The van der Waals surface area contributed by atoms with Crippen LogP contribution in [-0.2, 0) is 15.7 Å². The smallest absolute Gasteiger partial charge is 0.416 e. The van der Waals surface area contributed by atoms with Crippen LogP contribution in [0.5, 0.6) is 5.75 Å². The summed E-state index contributed by atoms with van der Waals surface area (Å²) >= 11 is 8.61. The Bertz CT molecular complexity index is 1750. The number of nitrogens with zero attached hydrogens (tertiary/aromatic N) is 3. The van der Waals surface area contributed by atoms with Crippen molar-refractivity contribution in [2.24, 2.45) is 0 Å². The van der Waals surface area contributed by atoms with Gasteiger partial charge in [0.25, 0.3) is 0 Å². The molecular formula is C35H34Br2F3N3O3S. The lowest BCUT2D eigenvalue weighted by Gasteiger charge is -2.36. The van der Waals surface area contributed by atoms with Crippen LogP contribution in [0.15, 0.2) is 91.5 Å². The first-order valence-electron chi connectivity index (χ1n) is 15.5. The second-order valence-electron chi connectivity index (χ2n) is 11.6. The fourth-order valence-electron chi connectivity index (χ4n) is 5.90. The van der Waals surface area contributed by atoms with Crippen LogP contribution in [0.4, 0.5) is 24.5 Å². The Morgan fingerprint density at radius 2 is 1.60 bits per heavy atom. The zero-order chi connectivity index (χ0) is 33.1. The number of para-hydroxylation sites is 1. The first-order valence-corrected chi connectivity index (χ1v) is 17.9. The number of alkyl halides is 3. The van der Waals surface area contributed by atoms with Gasteiger partial charge in [-0.05, 0) is 95.1 Å². The zero-order valence-corrected chi connectivity index (χ0v) is 29.7. The van der Waals surface area contributed by atoms with Gasteiger partial charge in [-0.25, -0.2) is 4.79 Å². The number of hydrogen-bond donors (Lipinski definition) is 0. The van der Waals surface area contributed by atoms with Crippen molar-refractivity contribution >= 4 is 71.7 Å². The molecule has 6 rings (SSSR count). The molecule has 0 bridgehead atoms. The minimum absolute atomic E-state index is 0.283. The number of carbonyl (C=O) groups excluding carboxylic acids is 1. The van der Waals surface area contributed by atoms with Crippen LogP contribution in [0, 0.1) is 0 Å². The summed E-state index contributed by atoms with van der Waals surface area (Å²) < 4.78 is 53.9. The summed E-state index contributed by atoms with van der Waals surface area (Å²) in [7, 11) is 0. The third-order valence-electron chi connectivity index (χ3n) is 8.44. The van der Waals surface area contributed by atoms with E-state index in [1.54, 1.807) is 13.0 Å². The van der Waals surface area contributed by atoms with Crippen LogP contribution in [0.1, 0.15) is 18.9 Å². The van der Waals surface area contributed by atoms with Crippen molar-refractivity contribution in [2.45, 2.75) is 35.4 Å². The predicted octanol–water partition coefficient (Wildman–Crippen LogP) is 9.00. The summed E-state index contributed by atoms with van der Waals surface area (Å²) in [5.41, 5.74) is 0.930. The molecule has 12 heteroatoms. The molecule has 47 heavy (non-hydrogen) atoms. The lowest BCUT2D eigenvalue weighted by molar-refractivity contribution is -0.151. The second-order valence-corrected chi connectivity index (χ2v) is 14.4. The maximum Gasteiger partial charge on any atom is 0.416 e. The number of ether oxygens (including phenoxy) is 2. The number of esters is 1. The van der Waals surface area contributed by atoms with Crippen molar-refractivity contribution in [3.8, 4) is 5.75 Å². The van der Waals surface area contributed by atoms with E-state index in [-0.39, 0.29) is 6.61 Å². The molecule has 0 amide bonds. The van der Waals surface area contributed by atoms with E-state index >= 15 is 0 Å². The highest BCUT2D eigenvalue weighted by molar-refractivity contribution is 9.11. The van der Waals surface area contributed by atoms with Crippen molar-refractivity contribution in [2.75, 3.05) is 57.3 Å². The molecule has 248 valence electrons. The van der Waals surface area contributed by atoms with E-state index in [4.69, 9.17) is 9.47 Å². The van der Waals surface area contributed by atoms with E-state index in [0.29, 0.717) is 24.5 Å². The van der Waals surface area contributed by atoms with E-state index in [9.17, 15) is 18.0 Å². The zero-order valence-electron chi connectivity index (χ0n) is 25.7. The highest BCUT2D eigenvalue weighted by atomic mass is 79.9. The number of piperazine rings is 1. The molecule has 2 heterocycles. The number of rotatable bonds is 10. The van der Waals surface area contributed by atoms with Gasteiger partial charge in [-0.15, -0.1) is 0 Å². The fraction of sp³-hybridized carbons (Fsp3) is 0.343. The SMILES string of the molecule is CC(Oc1ccc2cc(Br)ccc2c1Br)C(=O)OCCN1CCN(CCCN2c3ccccc3Sc3ccc(C(F)(F)F)cc32)CC1. The molecule has 2 aliphatic heterocycles. The maximum atomic E-state index is 13.5. The van der Waals surface area contributed by atoms with Crippen LogP contribution in [0.2, 0.25) is 0 Å². The number of halogens is 5. The van der Waals surface area contributed by atoms with Crippen LogP contribution < -0.4 is 9.64 Å². The normalized spacial score (nSPS) is 16.1. The third-order valence-corrected chi connectivity index (χ3v) is 10.9. The second kappa shape index (κ2) is 14.8. The largest absolute Gasteiger partial charge is 0.478 e. The number of fused-ring (bicyclic) bond motifs is 3. The van der Waals surface area contributed by atoms with Gasteiger partial charge in [-0.3, -0.25) is 4.90 Å². The molecule has 4 aromatic rings. The Morgan fingerprint density at radius 1 is 0.872 bits per heavy atom. The molecule has 0 spiro atoms. The van der Waals surface area contributed by atoms with E-state index in [0.717, 1.165) is 80.4 Å². The minimum atomic E-state index is -4.39. The summed E-state index contributed by atoms with van der Waals surface area (Å²) in [6.07, 6.45) is -4.33. The van der Waals surface area contributed by atoms with Gasteiger partial charge in [0, 0.05) is 53.5 Å². The molecule has 1 fully saturated rings. The van der Waals surface area contributed by atoms with Crippen molar-refractivity contribution in [1.82, 2.24) is 9.80 Å². The highest BCUT2D eigenvalue weighted by Gasteiger charge is 2.33. The number of hydrogen-bond acceptors (Lipinski definition) is 7. The summed E-state index contributed by atoms with van der Waals surface area (Å²) in [6, 6.07) is 21.7. The molecule has 0 radical (unpaired) electrons. The quantitative estimate of drug-likeness (QED) is 0.149. The highest BCUT2D eigenvalue weighted by Crippen LogP contribution is 2.49. The van der Waals surface area contributed by atoms with Gasteiger partial charge < -0.3 is 19.3 Å². The van der Waals surface area contributed by atoms with Crippen LogP contribution in [-0.4, -0.2) is 74.3 Å². The van der Waals surface area contributed by atoms with Crippen LogP contribution >= 0.6 is 43.6 Å².